The largest absolute Gasteiger partial charge is 0.380 e. The highest BCUT2D eigenvalue weighted by molar-refractivity contribution is 9.10. The summed E-state index contributed by atoms with van der Waals surface area (Å²) in [5.41, 5.74) is 0.934. The number of nitrogens with zero attached hydrogens (tertiary/aromatic N) is 4. The number of carbonyl (C=O) groups is 3. The van der Waals surface area contributed by atoms with Crippen molar-refractivity contribution in [2.45, 2.75) is 19.9 Å². The lowest BCUT2D eigenvalue weighted by Gasteiger charge is -2.17. The van der Waals surface area contributed by atoms with E-state index in [9.17, 15) is 14.4 Å². The Hall–Kier alpha value is -3.03. The van der Waals surface area contributed by atoms with Crippen LogP contribution >= 0.6 is 39.1 Å². The molecule has 2 aromatic heterocycles. The number of halogens is 3. The van der Waals surface area contributed by atoms with Crippen molar-refractivity contribution in [1.29, 1.82) is 0 Å². The van der Waals surface area contributed by atoms with Crippen LogP contribution in [0.4, 0.5) is 5.69 Å². The second kappa shape index (κ2) is 12.2. The molecule has 3 aromatic rings. The molecule has 0 aliphatic carbocycles. The Bertz CT molecular complexity index is 1380. The lowest BCUT2D eigenvalue weighted by atomic mass is 10.1. The van der Waals surface area contributed by atoms with Crippen molar-refractivity contribution in [3.63, 3.8) is 0 Å². The van der Waals surface area contributed by atoms with E-state index in [0.717, 1.165) is 5.06 Å². The topological polar surface area (TPSA) is 128 Å². The van der Waals surface area contributed by atoms with Gasteiger partial charge in [-0.15, -0.1) is 0 Å². The summed E-state index contributed by atoms with van der Waals surface area (Å²) in [5, 5.41) is 11.4. The van der Waals surface area contributed by atoms with Crippen LogP contribution < -0.4 is 10.6 Å². The van der Waals surface area contributed by atoms with E-state index in [1.54, 1.807) is 25.1 Å². The van der Waals surface area contributed by atoms with Crippen LogP contribution in [0.15, 0.2) is 41.1 Å². The van der Waals surface area contributed by atoms with Gasteiger partial charge in [-0.25, -0.2) is 14.7 Å². The van der Waals surface area contributed by atoms with Gasteiger partial charge >= 0.3 is 0 Å². The van der Waals surface area contributed by atoms with Crippen molar-refractivity contribution in [2.75, 3.05) is 31.7 Å². The van der Waals surface area contributed by atoms with Crippen molar-refractivity contribution < 1.29 is 24.0 Å². The summed E-state index contributed by atoms with van der Waals surface area (Å²) < 4.78 is 6.92. The third-order valence-electron chi connectivity index (χ3n) is 5.52. The van der Waals surface area contributed by atoms with Crippen molar-refractivity contribution in [1.82, 2.24) is 25.1 Å². The van der Waals surface area contributed by atoms with Gasteiger partial charge in [0.05, 0.1) is 29.4 Å². The number of carbonyl (C=O) groups excluding carboxylic acids is 3. The Morgan fingerprint density at radius 2 is 2.05 bits per heavy atom. The monoisotopic (exact) mass is 624 g/mol. The Kier molecular flexibility index (Phi) is 9.00. The van der Waals surface area contributed by atoms with Gasteiger partial charge in [-0.3, -0.25) is 19.2 Å². The third-order valence-corrected chi connectivity index (χ3v) is 6.43. The highest BCUT2D eigenvalue weighted by atomic mass is 79.9. The predicted molar refractivity (Wildman–Crippen MR) is 144 cm³/mol. The summed E-state index contributed by atoms with van der Waals surface area (Å²) in [4.78, 5) is 48.9. The minimum Gasteiger partial charge on any atom is -0.380 e. The molecule has 1 aromatic carbocycles. The molecular formula is C24H23BrCl2N6O5. The van der Waals surface area contributed by atoms with Gasteiger partial charge in [0.2, 0.25) is 0 Å². The molecule has 0 saturated carbocycles. The predicted octanol–water partition coefficient (Wildman–Crippen LogP) is 3.81. The highest BCUT2D eigenvalue weighted by Crippen LogP contribution is 2.28. The molecule has 0 spiro atoms. The van der Waals surface area contributed by atoms with E-state index in [1.165, 1.54) is 23.0 Å². The number of anilines is 1. The molecule has 0 radical (unpaired) electrons. The summed E-state index contributed by atoms with van der Waals surface area (Å²) in [6.07, 6.45) is 1.52. The first-order valence-corrected chi connectivity index (χ1v) is 13.0. The van der Waals surface area contributed by atoms with Gasteiger partial charge < -0.3 is 15.4 Å². The van der Waals surface area contributed by atoms with Crippen molar-refractivity contribution in [3.05, 3.63) is 68.0 Å². The van der Waals surface area contributed by atoms with Gasteiger partial charge in [-0.2, -0.15) is 5.10 Å². The molecule has 38 heavy (non-hydrogen) atoms. The zero-order valence-electron chi connectivity index (χ0n) is 20.3. The Morgan fingerprint density at radius 3 is 2.79 bits per heavy atom. The third kappa shape index (κ3) is 6.16. The molecule has 3 amide bonds. The number of hydroxylamine groups is 2. The van der Waals surface area contributed by atoms with Crippen molar-refractivity contribution in [2.24, 2.45) is 0 Å². The smallest absolute Gasteiger partial charge is 0.274 e. The first kappa shape index (κ1) is 28.0. The van der Waals surface area contributed by atoms with Crippen molar-refractivity contribution >= 4 is 62.5 Å². The van der Waals surface area contributed by atoms with E-state index in [4.69, 9.17) is 32.8 Å². The average molecular weight is 626 g/mol. The van der Waals surface area contributed by atoms with Crippen LogP contribution in [-0.4, -0.2) is 70.0 Å². The average Bonchev–Trinajstić information content (AvgIpc) is 3.43. The molecule has 1 aliphatic heterocycles. The van der Waals surface area contributed by atoms with Crippen LogP contribution in [0.1, 0.15) is 33.3 Å². The number of benzene rings is 1. The molecule has 1 unspecified atom stereocenters. The molecule has 1 atom stereocenters. The zero-order valence-corrected chi connectivity index (χ0v) is 23.4. The fraction of sp³-hybridized carbons (Fsp3) is 0.292. The van der Waals surface area contributed by atoms with E-state index >= 15 is 0 Å². The van der Waals surface area contributed by atoms with E-state index in [0.29, 0.717) is 28.4 Å². The molecule has 1 saturated heterocycles. The minimum absolute atomic E-state index is 0.0318. The number of pyridine rings is 1. The summed E-state index contributed by atoms with van der Waals surface area (Å²) in [6, 6.07) is 6.89. The molecular weight excluding hydrogens is 603 g/mol. The van der Waals surface area contributed by atoms with Gasteiger partial charge in [0.1, 0.15) is 22.9 Å². The standard InChI is InChI=1S/C24H23BrCl2N6O5/c1-3-37-8-7-32-24(36)17(12-38-32)29-22(34)15-10-14(26)9-13(2)20(15)30-23(35)18-11-19(25)31-33(18)21-16(27)5-4-6-28-21/h4-6,9-11,17H,3,7-8,12H2,1-2H3,(H,29,34)(H,30,35). The fourth-order valence-electron chi connectivity index (χ4n) is 3.75. The second-order valence-corrected chi connectivity index (χ2v) is 9.79. The number of hydrogen-bond donors (Lipinski definition) is 2. The van der Waals surface area contributed by atoms with Crippen LogP contribution in [-0.2, 0) is 14.4 Å². The Morgan fingerprint density at radius 1 is 1.26 bits per heavy atom. The molecule has 1 fully saturated rings. The first-order chi connectivity index (χ1) is 18.2. The summed E-state index contributed by atoms with van der Waals surface area (Å²) in [6.45, 7) is 4.57. The zero-order chi connectivity index (χ0) is 27.4. The molecule has 4 rings (SSSR count). The van der Waals surface area contributed by atoms with Gasteiger partial charge in [0.25, 0.3) is 17.7 Å². The summed E-state index contributed by atoms with van der Waals surface area (Å²) in [5.74, 6) is -1.33. The maximum absolute atomic E-state index is 13.4. The van der Waals surface area contributed by atoms with Crippen molar-refractivity contribution in [3.8, 4) is 5.82 Å². The molecule has 14 heteroatoms. The lowest BCUT2D eigenvalue weighted by molar-refractivity contribution is -0.164. The van der Waals surface area contributed by atoms with E-state index in [2.05, 4.69) is 36.6 Å². The number of rotatable bonds is 9. The maximum Gasteiger partial charge on any atom is 0.274 e. The highest BCUT2D eigenvalue weighted by Gasteiger charge is 2.35. The summed E-state index contributed by atoms with van der Waals surface area (Å²) >= 11 is 15.8. The molecule has 3 heterocycles. The number of hydrogen-bond acceptors (Lipinski definition) is 7. The van der Waals surface area contributed by atoms with Gasteiger partial charge in [-0.05, 0) is 59.6 Å². The van der Waals surface area contributed by atoms with Gasteiger partial charge in [-0.1, -0.05) is 23.2 Å². The van der Waals surface area contributed by atoms with Gasteiger partial charge in [0.15, 0.2) is 5.82 Å². The van der Waals surface area contributed by atoms with Crippen LogP contribution in [0.25, 0.3) is 5.82 Å². The van der Waals surface area contributed by atoms with E-state index in [-0.39, 0.29) is 40.9 Å². The van der Waals surface area contributed by atoms with Crippen LogP contribution in [0, 0.1) is 6.92 Å². The minimum atomic E-state index is -0.907. The molecule has 0 bridgehead atoms. The Labute approximate surface area is 236 Å². The lowest BCUT2D eigenvalue weighted by Crippen LogP contribution is -2.43. The number of aromatic nitrogens is 3. The fourth-order valence-corrected chi connectivity index (χ4v) is 4.60. The first-order valence-electron chi connectivity index (χ1n) is 11.5. The molecule has 1 aliphatic rings. The molecule has 2 N–H and O–H groups in total. The number of ether oxygens (including phenoxy) is 1. The maximum atomic E-state index is 13.4. The van der Waals surface area contributed by atoms with Gasteiger partial charge in [0, 0.05) is 23.9 Å². The normalized spacial score (nSPS) is 15.1. The quantitative estimate of drug-likeness (QED) is 0.346. The van der Waals surface area contributed by atoms with Crippen LogP contribution in [0.2, 0.25) is 10.0 Å². The summed E-state index contributed by atoms with van der Waals surface area (Å²) in [7, 11) is 0. The molecule has 200 valence electrons. The van der Waals surface area contributed by atoms with Crippen LogP contribution in [0.3, 0.4) is 0 Å². The van der Waals surface area contributed by atoms with Crippen LogP contribution in [0.5, 0.6) is 0 Å². The number of amides is 3. The second-order valence-electron chi connectivity index (χ2n) is 8.13. The number of aryl methyl sites for hydroxylation is 1. The van der Waals surface area contributed by atoms with E-state index in [1.807, 2.05) is 6.92 Å². The SMILES string of the molecule is CCOCCN1OCC(NC(=O)c2cc(Cl)cc(C)c2NC(=O)c2cc(Br)nn2-c2ncccc2Cl)C1=O. The number of nitrogens with one attached hydrogen (secondary N) is 2. The Balaban J connectivity index is 1.57. The van der Waals surface area contributed by atoms with E-state index < -0.39 is 23.8 Å². The molecule has 11 nitrogen and oxygen atoms in total.